The van der Waals surface area contributed by atoms with Crippen molar-refractivity contribution >= 4 is 34.7 Å². The molecule has 0 bridgehead atoms. The summed E-state index contributed by atoms with van der Waals surface area (Å²) < 4.78 is 1.53. The first-order valence-corrected chi connectivity index (χ1v) is 8.10. The molecule has 0 aliphatic heterocycles. The molecule has 2 heterocycles. The van der Waals surface area contributed by atoms with Crippen LogP contribution >= 0.6 is 34.7 Å². The summed E-state index contributed by atoms with van der Waals surface area (Å²) in [5, 5.41) is 11.7. The average molecular weight is 323 g/mol. The second kappa shape index (κ2) is 5.87. The lowest BCUT2D eigenvalue weighted by atomic mass is 10.2. The Morgan fingerprint density at radius 3 is 2.90 bits per heavy atom. The Kier molecular flexibility index (Phi) is 3.95. The molecule has 20 heavy (non-hydrogen) atoms. The molecule has 7 heteroatoms. The van der Waals surface area contributed by atoms with Crippen molar-refractivity contribution in [2.45, 2.75) is 10.9 Å². The Balaban J connectivity index is 1.76. The van der Waals surface area contributed by atoms with Crippen LogP contribution in [0.15, 0.2) is 46.9 Å². The van der Waals surface area contributed by atoms with E-state index in [4.69, 9.17) is 17.4 Å². The normalized spacial score (nSPS) is 10.8. The van der Waals surface area contributed by atoms with E-state index in [0.717, 1.165) is 21.2 Å². The van der Waals surface area contributed by atoms with Crippen molar-refractivity contribution in [3.63, 3.8) is 0 Å². The number of hydrogen-bond donors (Lipinski definition) is 1. The molecule has 0 aliphatic rings. The third-order valence-electron chi connectivity index (χ3n) is 2.66. The second-order valence-corrected chi connectivity index (χ2v) is 6.40. The molecule has 2 N–H and O–H groups in total. The molecule has 0 saturated carbocycles. The highest BCUT2D eigenvalue weighted by molar-refractivity contribution is 7.98. The zero-order valence-electron chi connectivity index (χ0n) is 10.4. The fourth-order valence-electron chi connectivity index (χ4n) is 1.72. The molecule has 3 aromatic rings. The summed E-state index contributed by atoms with van der Waals surface area (Å²) in [5.41, 5.74) is 1.13. The molecular weight excluding hydrogens is 312 g/mol. The first-order chi connectivity index (χ1) is 9.74. The average Bonchev–Trinajstić information content (AvgIpc) is 3.06. The monoisotopic (exact) mass is 322 g/mol. The largest absolute Gasteiger partial charge is 0.335 e. The molecule has 0 atom stereocenters. The minimum absolute atomic E-state index is 0.688. The second-order valence-electron chi connectivity index (χ2n) is 4.07. The van der Waals surface area contributed by atoms with E-state index >= 15 is 0 Å². The zero-order valence-corrected chi connectivity index (χ0v) is 12.8. The van der Waals surface area contributed by atoms with Gasteiger partial charge in [0.25, 0.3) is 0 Å². The van der Waals surface area contributed by atoms with Crippen LogP contribution in [0, 0.1) is 0 Å². The lowest BCUT2D eigenvalue weighted by molar-refractivity contribution is 0.850. The van der Waals surface area contributed by atoms with Crippen molar-refractivity contribution < 1.29 is 0 Å². The number of hydrogen-bond acceptors (Lipinski definition) is 5. The quantitative estimate of drug-likeness (QED) is 0.588. The highest BCUT2D eigenvalue weighted by Crippen LogP contribution is 2.27. The van der Waals surface area contributed by atoms with E-state index in [1.807, 2.05) is 41.8 Å². The van der Waals surface area contributed by atoms with Crippen molar-refractivity contribution in [3.8, 4) is 10.7 Å². The van der Waals surface area contributed by atoms with Crippen LogP contribution < -0.4 is 5.84 Å². The molecule has 0 fully saturated rings. The maximum atomic E-state index is 6.04. The van der Waals surface area contributed by atoms with Crippen molar-refractivity contribution in [3.05, 3.63) is 52.4 Å². The number of nitrogen functional groups attached to an aromatic ring is 1. The van der Waals surface area contributed by atoms with Crippen LogP contribution in [-0.4, -0.2) is 14.9 Å². The minimum Gasteiger partial charge on any atom is -0.335 e. The number of rotatable bonds is 4. The maximum Gasteiger partial charge on any atom is 0.210 e. The number of thioether (sulfide) groups is 1. The Labute approximate surface area is 129 Å². The van der Waals surface area contributed by atoms with Gasteiger partial charge in [-0.2, -0.15) is 0 Å². The van der Waals surface area contributed by atoms with E-state index in [2.05, 4.69) is 10.2 Å². The van der Waals surface area contributed by atoms with Crippen LogP contribution in [0.2, 0.25) is 5.02 Å². The zero-order chi connectivity index (χ0) is 13.9. The van der Waals surface area contributed by atoms with E-state index < -0.39 is 0 Å². The number of aromatic nitrogens is 3. The van der Waals surface area contributed by atoms with Gasteiger partial charge >= 0.3 is 0 Å². The third kappa shape index (κ3) is 2.82. The van der Waals surface area contributed by atoms with Crippen LogP contribution in [0.1, 0.15) is 5.56 Å². The Morgan fingerprint density at radius 2 is 2.15 bits per heavy atom. The van der Waals surface area contributed by atoms with Crippen molar-refractivity contribution in [1.29, 1.82) is 0 Å². The van der Waals surface area contributed by atoms with Crippen LogP contribution in [0.5, 0.6) is 0 Å². The van der Waals surface area contributed by atoms with Gasteiger partial charge < -0.3 is 5.84 Å². The summed E-state index contributed by atoms with van der Waals surface area (Å²) >= 11 is 9.09. The molecule has 0 spiro atoms. The van der Waals surface area contributed by atoms with E-state index in [1.165, 1.54) is 16.4 Å². The maximum absolute atomic E-state index is 6.04. The van der Waals surface area contributed by atoms with Gasteiger partial charge in [0.1, 0.15) is 0 Å². The third-order valence-corrected chi connectivity index (χ3v) is 4.78. The smallest absolute Gasteiger partial charge is 0.210 e. The van der Waals surface area contributed by atoms with E-state index in [-0.39, 0.29) is 0 Å². The number of nitrogens with zero attached hydrogens (tertiary/aromatic N) is 3. The molecule has 0 unspecified atom stereocenters. The Hall–Kier alpha value is -1.50. The number of nitrogens with two attached hydrogens (primary N) is 1. The van der Waals surface area contributed by atoms with Crippen LogP contribution in [0.4, 0.5) is 0 Å². The molecule has 0 saturated heterocycles. The summed E-state index contributed by atoms with van der Waals surface area (Å²) in [5.74, 6) is 7.48. The van der Waals surface area contributed by atoms with Crippen LogP contribution in [0.3, 0.4) is 0 Å². The molecule has 2 aromatic heterocycles. The summed E-state index contributed by atoms with van der Waals surface area (Å²) in [4.78, 5) is 1.01. The fourth-order valence-corrected chi connectivity index (χ4v) is 3.44. The number of benzene rings is 1. The highest BCUT2D eigenvalue weighted by atomic mass is 35.5. The molecule has 102 valence electrons. The van der Waals surface area contributed by atoms with Crippen molar-refractivity contribution in [2.24, 2.45) is 0 Å². The van der Waals surface area contributed by atoms with Gasteiger partial charge in [0.05, 0.1) is 4.88 Å². The molecule has 0 aliphatic carbocycles. The molecule has 4 nitrogen and oxygen atoms in total. The van der Waals surface area contributed by atoms with Gasteiger partial charge in [0, 0.05) is 10.8 Å². The van der Waals surface area contributed by atoms with Gasteiger partial charge in [-0.25, -0.2) is 4.68 Å². The van der Waals surface area contributed by atoms with Gasteiger partial charge in [0.15, 0.2) is 5.82 Å². The van der Waals surface area contributed by atoms with Crippen LogP contribution in [0.25, 0.3) is 10.7 Å². The SMILES string of the molecule is Nn1c(SCc2cccc(Cl)c2)nnc1-c1cccs1. The van der Waals surface area contributed by atoms with E-state index in [1.54, 1.807) is 11.3 Å². The number of thiophene rings is 1. The van der Waals surface area contributed by atoms with Crippen LogP contribution in [-0.2, 0) is 5.75 Å². The fraction of sp³-hybridized carbons (Fsp3) is 0.0769. The Bertz CT molecular complexity index is 709. The minimum atomic E-state index is 0.688. The molecular formula is C13H11ClN4S2. The van der Waals surface area contributed by atoms with E-state index in [0.29, 0.717) is 11.0 Å². The summed E-state index contributed by atoms with van der Waals surface area (Å²) in [7, 11) is 0. The van der Waals surface area contributed by atoms with Gasteiger partial charge in [-0.3, -0.25) is 0 Å². The highest BCUT2D eigenvalue weighted by Gasteiger charge is 2.12. The van der Waals surface area contributed by atoms with Gasteiger partial charge in [0.2, 0.25) is 5.16 Å². The topological polar surface area (TPSA) is 56.7 Å². The Morgan fingerprint density at radius 1 is 1.25 bits per heavy atom. The first kappa shape index (κ1) is 13.5. The molecule has 0 radical (unpaired) electrons. The summed E-state index contributed by atoms with van der Waals surface area (Å²) in [6.45, 7) is 0. The lowest BCUT2D eigenvalue weighted by Crippen LogP contribution is -2.11. The van der Waals surface area contributed by atoms with Crippen molar-refractivity contribution in [2.75, 3.05) is 5.84 Å². The number of halogens is 1. The summed E-state index contributed by atoms with van der Waals surface area (Å²) in [6.07, 6.45) is 0. The van der Waals surface area contributed by atoms with Crippen molar-refractivity contribution in [1.82, 2.24) is 14.9 Å². The predicted octanol–water partition coefficient (Wildman–Crippen LogP) is 3.67. The van der Waals surface area contributed by atoms with Gasteiger partial charge in [-0.1, -0.05) is 41.6 Å². The van der Waals surface area contributed by atoms with Gasteiger partial charge in [-0.15, -0.1) is 21.5 Å². The first-order valence-electron chi connectivity index (χ1n) is 5.85. The predicted molar refractivity (Wildman–Crippen MR) is 84.5 cm³/mol. The standard InChI is InChI=1S/C13H11ClN4S2/c14-10-4-1-3-9(7-10)8-20-13-17-16-12(18(13)15)11-5-2-6-19-11/h1-7H,8,15H2. The molecule has 1 aromatic carbocycles. The van der Waals surface area contributed by atoms with Gasteiger partial charge in [-0.05, 0) is 29.1 Å². The molecule has 0 amide bonds. The lowest BCUT2D eigenvalue weighted by Gasteiger charge is -2.03. The molecule has 3 rings (SSSR count). The summed E-state index contributed by atoms with van der Waals surface area (Å²) in [6, 6.07) is 11.7. The van der Waals surface area contributed by atoms with E-state index in [9.17, 15) is 0 Å².